The van der Waals surface area contributed by atoms with Crippen molar-refractivity contribution in [1.82, 2.24) is 4.98 Å². The van der Waals surface area contributed by atoms with Crippen molar-refractivity contribution in [2.24, 2.45) is 0 Å². The number of hydrogen-bond donors (Lipinski definition) is 1. The molecule has 4 nitrogen and oxygen atoms in total. The van der Waals surface area contributed by atoms with E-state index in [0.717, 1.165) is 22.3 Å². The fourth-order valence-corrected chi connectivity index (χ4v) is 2.32. The first-order valence-corrected chi connectivity index (χ1v) is 6.98. The number of oxazole rings is 1. The van der Waals surface area contributed by atoms with E-state index in [1.165, 1.54) is 0 Å². The number of aryl methyl sites for hydroxylation is 2. The van der Waals surface area contributed by atoms with Crippen LogP contribution < -0.4 is 5.32 Å². The first-order valence-electron chi connectivity index (χ1n) is 6.98. The zero-order valence-electron chi connectivity index (χ0n) is 12.4. The third kappa shape index (κ3) is 2.57. The standard InChI is InChI=1S/C18H15N3O/c1-12-6-5-7-13(2)17(12)20-11-14(10-19)18-21-15-8-3-4-9-16(15)22-18/h3-9,11,20H,1-2H3/b14-11+. The van der Waals surface area contributed by atoms with Crippen molar-refractivity contribution in [3.8, 4) is 6.07 Å². The van der Waals surface area contributed by atoms with E-state index in [2.05, 4.69) is 16.4 Å². The van der Waals surface area contributed by atoms with Crippen LogP contribution in [0.3, 0.4) is 0 Å². The summed E-state index contributed by atoms with van der Waals surface area (Å²) < 4.78 is 5.63. The van der Waals surface area contributed by atoms with Gasteiger partial charge in [0.25, 0.3) is 0 Å². The van der Waals surface area contributed by atoms with Crippen LogP contribution in [0.2, 0.25) is 0 Å². The van der Waals surface area contributed by atoms with E-state index in [9.17, 15) is 5.26 Å². The van der Waals surface area contributed by atoms with Gasteiger partial charge in [-0.25, -0.2) is 4.98 Å². The molecule has 22 heavy (non-hydrogen) atoms. The molecule has 0 atom stereocenters. The lowest BCUT2D eigenvalue weighted by Crippen LogP contribution is -1.96. The molecule has 0 bridgehead atoms. The molecule has 4 heteroatoms. The zero-order valence-corrected chi connectivity index (χ0v) is 12.4. The number of nitrogens with zero attached hydrogens (tertiary/aromatic N) is 2. The van der Waals surface area contributed by atoms with Crippen LogP contribution in [0.25, 0.3) is 16.7 Å². The second kappa shape index (κ2) is 5.74. The molecule has 0 aliphatic rings. The molecule has 0 aliphatic carbocycles. The summed E-state index contributed by atoms with van der Waals surface area (Å²) in [5.41, 5.74) is 5.00. The van der Waals surface area contributed by atoms with E-state index in [4.69, 9.17) is 4.42 Å². The molecule has 2 aromatic carbocycles. The fraction of sp³-hybridized carbons (Fsp3) is 0.111. The Hall–Kier alpha value is -3.06. The van der Waals surface area contributed by atoms with Gasteiger partial charge in [0.05, 0.1) is 0 Å². The Labute approximate surface area is 128 Å². The number of benzene rings is 2. The zero-order chi connectivity index (χ0) is 15.5. The molecular formula is C18H15N3O. The smallest absolute Gasteiger partial charge is 0.239 e. The summed E-state index contributed by atoms with van der Waals surface area (Å²) in [5.74, 6) is 0.322. The number of nitriles is 1. The van der Waals surface area contributed by atoms with Gasteiger partial charge < -0.3 is 9.73 Å². The van der Waals surface area contributed by atoms with Crippen molar-refractivity contribution < 1.29 is 4.42 Å². The molecule has 108 valence electrons. The van der Waals surface area contributed by atoms with Crippen LogP contribution in [0.5, 0.6) is 0 Å². The summed E-state index contributed by atoms with van der Waals surface area (Å²) in [6.45, 7) is 4.04. The lowest BCUT2D eigenvalue weighted by molar-refractivity contribution is 0.586. The van der Waals surface area contributed by atoms with Crippen LogP contribution >= 0.6 is 0 Å². The van der Waals surface area contributed by atoms with Gasteiger partial charge in [-0.15, -0.1) is 0 Å². The predicted octanol–water partition coefficient (Wildman–Crippen LogP) is 4.42. The average Bonchev–Trinajstić information content (AvgIpc) is 2.94. The van der Waals surface area contributed by atoms with Gasteiger partial charge in [0.15, 0.2) is 5.58 Å². The molecule has 0 saturated carbocycles. The highest BCUT2D eigenvalue weighted by atomic mass is 16.3. The van der Waals surface area contributed by atoms with Gasteiger partial charge in [-0.1, -0.05) is 30.3 Å². The van der Waals surface area contributed by atoms with Crippen LogP contribution in [0, 0.1) is 25.2 Å². The van der Waals surface area contributed by atoms with E-state index in [1.54, 1.807) is 6.20 Å². The first-order chi connectivity index (χ1) is 10.7. The fourth-order valence-electron chi connectivity index (χ4n) is 2.32. The molecule has 0 radical (unpaired) electrons. The molecule has 1 heterocycles. The normalized spacial score (nSPS) is 11.4. The van der Waals surface area contributed by atoms with Crippen molar-refractivity contribution in [1.29, 1.82) is 5.26 Å². The number of allylic oxidation sites excluding steroid dienone is 1. The molecule has 3 rings (SSSR count). The Morgan fingerprint density at radius 1 is 1.14 bits per heavy atom. The third-order valence-corrected chi connectivity index (χ3v) is 3.49. The van der Waals surface area contributed by atoms with Crippen molar-refractivity contribution in [3.05, 3.63) is 65.7 Å². The number of fused-ring (bicyclic) bond motifs is 1. The molecule has 3 aromatic rings. The van der Waals surface area contributed by atoms with Crippen molar-refractivity contribution in [2.75, 3.05) is 5.32 Å². The molecular weight excluding hydrogens is 274 g/mol. The summed E-state index contributed by atoms with van der Waals surface area (Å²) in [6.07, 6.45) is 1.64. The summed E-state index contributed by atoms with van der Waals surface area (Å²) in [7, 11) is 0. The van der Waals surface area contributed by atoms with Gasteiger partial charge in [0.2, 0.25) is 5.89 Å². The summed E-state index contributed by atoms with van der Waals surface area (Å²) in [6, 6.07) is 15.6. The maximum atomic E-state index is 9.36. The Balaban J connectivity index is 1.95. The molecule has 1 aromatic heterocycles. The first kappa shape index (κ1) is 13.9. The summed E-state index contributed by atoms with van der Waals surface area (Å²) in [4.78, 5) is 4.34. The van der Waals surface area contributed by atoms with Gasteiger partial charge in [-0.05, 0) is 37.1 Å². The lowest BCUT2D eigenvalue weighted by atomic mass is 10.1. The second-order valence-electron chi connectivity index (χ2n) is 5.07. The number of aromatic nitrogens is 1. The Bertz CT molecular complexity index is 847. The number of nitrogens with one attached hydrogen (secondary N) is 1. The number of para-hydroxylation sites is 3. The Kier molecular flexibility index (Phi) is 3.63. The molecule has 0 aliphatic heterocycles. The SMILES string of the molecule is Cc1cccc(C)c1N/C=C(\C#N)c1nc2ccccc2o1. The molecule has 0 saturated heterocycles. The van der Waals surface area contributed by atoms with Gasteiger partial charge in [-0.2, -0.15) is 5.26 Å². The maximum Gasteiger partial charge on any atom is 0.239 e. The highest BCUT2D eigenvalue weighted by Crippen LogP contribution is 2.23. The number of hydrogen-bond acceptors (Lipinski definition) is 4. The minimum atomic E-state index is 0.322. The predicted molar refractivity (Wildman–Crippen MR) is 87.1 cm³/mol. The van der Waals surface area contributed by atoms with Gasteiger partial charge in [-0.3, -0.25) is 0 Å². The Morgan fingerprint density at radius 2 is 1.86 bits per heavy atom. The van der Waals surface area contributed by atoms with Crippen molar-refractivity contribution in [3.63, 3.8) is 0 Å². The molecule has 0 spiro atoms. The Morgan fingerprint density at radius 3 is 2.55 bits per heavy atom. The molecule has 0 fully saturated rings. The van der Waals surface area contributed by atoms with Crippen molar-refractivity contribution >= 4 is 22.4 Å². The minimum Gasteiger partial charge on any atom is -0.435 e. The monoisotopic (exact) mass is 289 g/mol. The van der Waals surface area contributed by atoms with E-state index in [1.807, 2.05) is 56.3 Å². The van der Waals surface area contributed by atoms with E-state index in [-0.39, 0.29) is 0 Å². The third-order valence-electron chi connectivity index (χ3n) is 3.49. The largest absolute Gasteiger partial charge is 0.435 e. The summed E-state index contributed by atoms with van der Waals surface area (Å²) in [5, 5.41) is 12.6. The van der Waals surface area contributed by atoms with E-state index in [0.29, 0.717) is 17.0 Å². The highest BCUT2D eigenvalue weighted by Gasteiger charge is 2.10. The molecule has 0 amide bonds. The van der Waals surface area contributed by atoms with E-state index >= 15 is 0 Å². The van der Waals surface area contributed by atoms with Crippen LogP contribution in [-0.4, -0.2) is 4.98 Å². The van der Waals surface area contributed by atoms with Gasteiger partial charge >= 0.3 is 0 Å². The maximum absolute atomic E-state index is 9.36. The van der Waals surface area contributed by atoms with Crippen LogP contribution in [0.4, 0.5) is 5.69 Å². The van der Waals surface area contributed by atoms with E-state index < -0.39 is 0 Å². The quantitative estimate of drug-likeness (QED) is 0.725. The minimum absolute atomic E-state index is 0.322. The summed E-state index contributed by atoms with van der Waals surface area (Å²) >= 11 is 0. The number of rotatable bonds is 3. The highest BCUT2D eigenvalue weighted by molar-refractivity contribution is 5.80. The van der Waals surface area contributed by atoms with Crippen molar-refractivity contribution in [2.45, 2.75) is 13.8 Å². The van der Waals surface area contributed by atoms with Gasteiger partial charge in [0, 0.05) is 11.9 Å². The lowest BCUT2D eigenvalue weighted by Gasteiger charge is -2.08. The van der Waals surface area contributed by atoms with Gasteiger partial charge in [0.1, 0.15) is 17.2 Å². The number of anilines is 1. The van der Waals surface area contributed by atoms with Crippen LogP contribution in [-0.2, 0) is 0 Å². The second-order valence-corrected chi connectivity index (χ2v) is 5.07. The van der Waals surface area contributed by atoms with Crippen LogP contribution in [0.15, 0.2) is 53.1 Å². The van der Waals surface area contributed by atoms with Crippen LogP contribution in [0.1, 0.15) is 17.0 Å². The topological polar surface area (TPSA) is 61.9 Å². The molecule has 0 unspecified atom stereocenters. The molecule has 1 N–H and O–H groups in total. The average molecular weight is 289 g/mol.